The van der Waals surface area contributed by atoms with Crippen LogP contribution in [0, 0.1) is 0 Å². The first-order valence-corrected chi connectivity index (χ1v) is 5.50. The first-order chi connectivity index (χ1) is 8.13. The van der Waals surface area contributed by atoms with Crippen molar-refractivity contribution < 1.29 is 31.5 Å². The van der Waals surface area contributed by atoms with Crippen molar-refractivity contribution >= 4 is 23.3 Å². The van der Waals surface area contributed by atoms with Gasteiger partial charge in [-0.05, 0) is 12.8 Å². The average molecular weight is 294 g/mol. The Bertz CT molecular complexity index is 357. The van der Waals surface area contributed by atoms with Gasteiger partial charge in [0.2, 0.25) is 0 Å². The Morgan fingerprint density at radius 2 is 1.78 bits per heavy atom. The second kappa shape index (κ2) is 4.99. The van der Waals surface area contributed by atoms with Crippen LogP contribution in [0.1, 0.15) is 12.8 Å². The van der Waals surface area contributed by atoms with E-state index in [1.165, 1.54) is 0 Å². The van der Waals surface area contributed by atoms with Gasteiger partial charge in [0.25, 0.3) is 0 Å². The van der Waals surface area contributed by atoms with E-state index in [-0.39, 0.29) is 24.3 Å². The van der Waals surface area contributed by atoms with E-state index in [0.29, 0.717) is 0 Å². The molecule has 0 aromatic carbocycles. The maximum atomic E-state index is 12.9. The third-order valence-corrected chi connectivity index (χ3v) is 2.91. The first kappa shape index (κ1) is 15.1. The van der Waals surface area contributed by atoms with Gasteiger partial charge in [0, 0.05) is 6.54 Å². The Labute approximate surface area is 104 Å². The Morgan fingerprint density at radius 1 is 1.22 bits per heavy atom. The number of hydrogen-bond acceptors (Lipinski definition) is 2. The number of rotatable bonds is 3. The summed E-state index contributed by atoms with van der Waals surface area (Å²) in [5.41, 5.74) is 0. The molecule has 3 nitrogen and oxygen atoms in total. The summed E-state index contributed by atoms with van der Waals surface area (Å²) in [6.45, 7) is -0.308. The highest BCUT2D eigenvalue weighted by atomic mass is 35.5. The molecular weight excluding hydrogens is 285 g/mol. The monoisotopic (exact) mass is 293 g/mol. The molecule has 0 N–H and O–H groups in total. The minimum Gasteiger partial charge on any atom is -0.327 e. The molecule has 0 bridgehead atoms. The lowest BCUT2D eigenvalue weighted by molar-refractivity contribution is -0.274. The van der Waals surface area contributed by atoms with Crippen LogP contribution < -0.4 is 0 Å². The van der Waals surface area contributed by atoms with E-state index in [0.717, 1.165) is 0 Å². The smallest absolute Gasteiger partial charge is 0.327 e. The molecule has 1 heterocycles. The molecule has 0 radical (unpaired) electrons. The zero-order chi connectivity index (χ0) is 14.1. The average Bonchev–Trinajstić information content (AvgIpc) is 2.73. The summed E-state index contributed by atoms with van der Waals surface area (Å²) in [6, 6.07) is -1.29. The van der Waals surface area contributed by atoms with Gasteiger partial charge in [-0.25, -0.2) is 0 Å². The lowest BCUT2D eigenvalue weighted by Gasteiger charge is -2.28. The molecular formula is C9H9ClF5NO2. The fourth-order valence-corrected chi connectivity index (χ4v) is 1.91. The zero-order valence-corrected chi connectivity index (χ0v) is 9.69. The molecule has 0 aliphatic carbocycles. The molecule has 1 aliphatic rings. The highest BCUT2D eigenvalue weighted by molar-refractivity contribution is 6.28. The van der Waals surface area contributed by atoms with E-state index < -0.39 is 35.7 Å². The number of Topliss-reactive ketones (excluding diaryl/α,β-unsaturated/α-hetero) is 1. The van der Waals surface area contributed by atoms with Crippen LogP contribution in [-0.2, 0) is 9.59 Å². The molecule has 0 spiro atoms. The van der Waals surface area contributed by atoms with E-state index in [9.17, 15) is 31.5 Å². The number of amides is 1. The van der Waals surface area contributed by atoms with Crippen molar-refractivity contribution in [3.63, 3.8) is 0 Å². The van der Waals surface area contributed by atoms with Gasteiger partial charge in [0.1, 0.15) is 0 Å². The third-order valence-electron chi connectivity index (χ3n) is 2.64. The standard InChI is InChI=1S/C9H9ClF5NO2/c10-4-6(17)5-2-1-3-16(5)7(18)8(11,12)9(13,14)15/h5H,1-4H2. The lowest BCUT2D eigenvalue weighted by Crippen LogP contribution is -2.54. The van der Waals surface area contributed by atoms with Crippen molar-refractivity contribution in [2.75, 3.05) is 12.4 Å². The highest BCUT2D eigenvalue weighted by Crippen LogP contribution is 2.38. The third kappa shape index (κ3) is 2.57. The van der Waals surface area contributed by atoms with Crippen LogP contribution >= 0.6 is 11.6 Å². The van der Waals surface area contributed by atoms with Crippen molar-refractivity contribution in [1.82, 2.24) is 4.90 Å². The number of carbonyl (C=O) groups excluding carboxylic acids is 2. The van der Waals surface area contributed by atoms with Gasteiger partial charge in [-0.15, -0.1) is 11.6 Å². The van der Waals surface area contributed by atoms with E-state index in [2.05, 4.69) is 0 Å². The summed E-state index contributed by atoms with van der Waals surface area (Å²) in [6.07, 6.45) is -5.74. The molecule has 1 amide bonds. The lowest BCUT2D eigenvalue weighted by atomic mass is 10.1. The molecule has 1 atom stereocenters. The molecule has 0 aromatic rings. The fraction of sp³-hybridized carbons (Fsp3) is 0.778. The highest BCUT2D eigenvalue weighted by Gasteiger charge is 2.65. The number of halogens is 6. The normalized spacial score (nSPS) is 21.2. The predicted octanol–water partition coefficient (Wildman–Crippen LogP) is 1.98. The largest absolute Gasteiger partial charge is 0.463 e. The van der Waals surface area contributed by atoms with Crippen molar-refractivity contribution in [3.05, 3.63) is 0 Å². The maximum absolute atomic E-state index is 12.9. The summed E-state index contributed by atoms with van der Waals surface area (Å²) in [7, 11) is 0. The SMILES string of the molecule is O=C(CCl)C1CCCN1C(=O)C(F)(F)C(F)(F)F. The molecule has 1 unspecified atom stereocenters. The minimum absolute atomic E-state index is 0.0469. The quantitative estimate of drug-likeness (QED) is 0.589. The first-order valence-electron chi connectivity index (χ1n) is 4.97. The number of nitrogens with zero attached hydrogens (tertiary/aromatic N) is 1. The van der Waals surface area contributed by atoms with Crippen LogP contribution in [0.15, 0.2) is 0 Å². The van der Waals surface area contributed by atoms with Crippen LogP contribution in [-0.4, -0.2) is 47.2 Å². The van der Waals surface area contributed by atoms with Gasteiger partial charge >= 0.3 is 18.0 Å². The van der Waals surface area contributed by atoms with Gasteiger partial charge in [0.05, 0.1) is 11.9 Å². The van der Waals surface area contributed by atoms with Gasteiger partial charge in [-0.3, -0.25) is 9.59 Å². The molecule has 1 saturated heterocycles. The van der Waals surface area contributed by atoms with E-state index in [1.807, 2.05) is 0 Å². The molecule has 0 saturated carbocycles. The molecule has 18 heavy (non-hydrogen) atoms. The summed E-state index contributed by atoms with van der Waals surface area (Å²) >= 11 is 5.21. The van der Waals surface area contributed by atoms with Crippen molar-refractivity contribution in [1.29, 1.82) is 0 Å². The number of ketones is 1. The van der Waals surface area contributed by atoms with Crippen LogP contribution in [0.3, 0.4) is 0 Å². The van der Waals surface area contributed by atoms with Crippen LogP contribution in [0.4, 0.5) is 22.0 Å². The Kier molecular flexibility index (Phi) is 4.19. The molecule has 104 valence electrons. The number of carbonyl (C=O) groups is 2. The topological polar surface area (TPSA) is 37.4 Å². The Morgan fingerprint density at radius 3 is 2.22 bits per heavy atom. The molecule has 1 rings (SSSR count). The zero-order valence-electron chi connectivity index (χ0n) is 8.94. The summed E-state index contributed by atoms with van der Waals surface area (Å²) in [4.78, 5) is 22.7. The van der Waals surface area contributed by atoms with Crippen molar-refractivity contribution in [2.24, 2.45) is 0 Å². The Hall–Kier alpha value is -0.920. The summed E-state index contributed by atoms with van der Waals surface area (Å²) in [5.74, 6) is -9.15. The number of alkyl halides is 6. The second-order valence-corrected chi connectivity index (χ2v) is 4.10. The van der Waals surface area contributed by atoms with Crippen LogP contribution in [0.5, 0.6) is 0 Å². The maximum Gasteiger partial charge on any atom is 0.463 e. The molecule has 0 aromatic heterocycles. The summed E-state index contributed by atoms with van der Waals surface area (Å²) in [5, 5.41) is 0. The summed E-state index contributed by atoms with van der Waals surface area (Å²) < 4.78 is 61.8. The molecule has 1 aliphatic heterocycles. The fourth-order valence-electron chi connectivity index (χ4n) is 1.74. The van der Waals surface area contributed by atoms with Gasteiger partial charge < -0.3 is 4.90 Å². The van der Waals surface area contributed by atoms with E-state index in [1.54, 1.807) is 0 Å². The van der Waals surface area contributed by atoms with Gasteiger partial charge in [0.15, 0.2) is 5.78 Å². The molecule has 9 heteroatoms. The van der Waals surface area contributed by atoms with E-state index >= 15 is 0 Å². The van der Waals surface area contributed by atoms with E-state index in [4.69, 9.17) is 11.6 Å². The van der Waals surface area contributed by atoms with Gasteiger partial charge in [-0.2, -0.15) is 22.0 Å². The van der Waals surface area contributed by atoms with Crippen molar-refractivity contribution in [2.45, 2.75) is 31.0 Å². The van der Waals surface area contributed by atoms with Crippen LogP contribution in [0.25, 0.3) is 0 Å². The Balaban J connectivity index is 2.93. The predicted molar refractivity (Wildman–Crippen MR) is 51.5 cm³/mol. The van der Waals surface area contributed by atoms with Crippen molar-refractivity contribution in [3.8, 4) is 0 Å². The number of hydrogen-bond donors (Lipinski definition) is 0. The minimum atomic E-state index is -5.97. The van der Waals surface area contributed by atoms with Crippen LogP contribution in [0.2, 0.25) is 0 Å². The molecule has 1 fully saturated rings. The number of likely N-dealkylation sites (tertiary alicyclic amines) is 1. The second-order valence-electron chi connectivity index (χ2n) is 3.83. The van der Waals surface area contributed by atoms with Gasteiger partial charge in [-0.1, -0.05) is 0 Å².